The van der Waals surface area contributed by atoms with Crippen molar-refractivity contribution in [2.24, 2.45) is 29.6 Å². The van der Waals surface area contributed by atoms with E-state index in [1.165, 1.54) is 25.7 Å². The third-order valence-corrected chi connectivity index (χ3v) is 6.40. The zero-order valence-electron chi connectivity index (χ0n) is 14.1. The van der Waals surface area contributed by atoms with E-state index in [-0.39, 0.29) is 12.2 Å². The van der Waals surface area contributed by atoms with E-state index in [1.807, 2.05) is 0 Å². The van der Waals surface area contributed by atoms with E-state index in [4.69, 9.17) is 0 Å². The molecule has 0 aromatic rings. The van der Waals surface area contributed by atoms with Crippen LogP contribution in [0.1, 0.15) is 59.8 Å². The van der Waals surface area contributed by atoms with Gasteiger partial charge < -0.3 is 4.90 Å². The number of nitrogens with zero attached hydrogens (tertiary/aromatic N) is 1. The molecule has 3 heteroatoms. The molecule has 0 aromatic carbocycles. The van der Waals surface area contributed by atoms with Crippen LogP contribution in [0.3, 0.4) is 0 Å². The maximum Gasteiger partial charge on any atom is 0.241 e. The number of amides is 1. The molecule has 3 nitrogen and oxygen atoms in total. The molecular weight excluding hydrogens is 260 g/mol. The predicted molar refractivity (Wildman–Crippen MR) is 85.7 cm³/mol. The van der Waals surface area contributed by atoms with E-state index in [2.05, 4.69) is 37.9 Å². The van der Waals surface area contributed by atoms with Gasteiger partial charge in [-0.25, -0.2) is 0 Å². The lowest BCUT2D eigenvalue weighted by atomic mass is 9.88. The normalized spacial score (nSPS) is 40.5. The fourth-order valence-corrected chi connectivity index (χ4v) is 4.91. The van der Waals surface area contributed by atoms with Crippen molar-refractivity contribution in [2.45, 2.75) is 72.0 Å². The number of nitrogens with one attached hydrogen (secondary N) is 1. The number of hydrogen-bond donors (Lipinski definition) is 1. The minimum atomic E-state index is 0.0426. The Kier molecular flexibility index (Phi) is 4.31. The van der Waals surface area contributed by atoms with Gasteiger partial charge in [0.25, 0.3) is 0 Å². The SMILES string of the molecule is CCC(C)C1NC(C(C)C)N(CC2CC3CCC2C3)C1=O. The summed E-state index contributed by atoms with van der Waals surface area (Å²) in [6.45, 7) is 9.86. The maximum atomic E-state index is 12.9. The summed E-state index contributed by atoms with van der Waals surface area (Å²) in [6, 6.07) is 0.0426. The summed E-state index contributed by atoms with van der Waals surface area (Å²) in [7, 11) is 0. The van der Waals surface area contributed by atoms with Gasteiger partial charge in [0.05, 0.1) is 12.2 Å². The van der Waals surface area contributed by atoms with Crippen LogP contribution in [0.15, 0.2) is 0 Å². The van der Waals surface area contributed by atoms with Gasteiger partial charge in [-0.2, -0.15) is 0 Å². The van der Waals surface area contributed by atoms with Gasteiger partial charge in [0, 0.05) is 6.54 Å². The zero-order valence-corrected chi connectivity index (χ0v) is 14.1. The van der Waals surface area contributed by atoms with Crippen molar-refractivity contribution in [3.63, 3.8) is 0 Å². The van der Waals surface area contributed by atoms with E-state index in [9.17, 15) is 4.79 Å². The first-order valence-corrected chi connectivity index (χ1v) is 9.07. The van der Waals surface area contributed by atoms with Crippen LogP contribution in [0.25, 0.3) is 0 Å². The van der Waals surface area contributed by atoms with Crippen LogP contribution in [0.5, 0.6) is 0 Å². The second kappa shape index (κ2) is 5.91. The van der Waals surface area contributed by atoms with Gasteiger partial charge in [-0.05, 0) is 48.9 Å². The standard InChI is InChI=1S/C18H32N2O/c1-5-12(4)16-18(21)20(17(19-16)11(2)3)10-15-9-13-6-7-14(15)8-13/h11-17,19H,5-10H2,1-4H3. The van der Waals surface area contributed by atoms with Crippen molar-refractivity contribution in [3.8, 4) is 0 Å². The molecule has 1 aliphatic heterocycles. The van der Waals surface area contributed by atoms with Crippen molar-refractivity contribution < 1.29 is 4.79 Å². The first-order chi connectivity index (χ1) is 10.0. The second-order valence-corrected chi connectivity index (χ2v) is 8.14. The molecule has 21 heavy (non-hydrogen) atoms. The molecule has 2 saturated carbocycles. The largest absolute Gasteiger partial charge is 0.325 e. The van der Waals surface area contributed by atoms with Crippen molar-refractivity contribution in [3.05, 3.63) is 0 Å². The smallest absolute Gasteiger partial charge is 0.241 e. The van der Waals surface area contributed by atoms with Gasteiger partial charge >= 0.3 is 0 Å². The van der Waals surface area contributed by atoms with Gasteiger partial charge in [0.1, 0.15) is 0 Å². The van der Waals surface area contributed by atoms with Crippen LogP contribution >= 0.6 is 0 Å². The molecule has 0 radical (unpaired) electrons. The molecule has 1 heterocycles. The Labute approximate surface area is 129 Å². The summed E-state index contributed by atoms with van der Waals surface area (Å²) >= 11 is 0. The van der Waals surface area contributed by atoms with Gasteiger partial charge in [-0.1, -0.05) is 40.5 Å². The van der Waals surface area contributed by atoms with E-state index < -0.39 is 0 Å². The number of rotatable bonds is 5. The molecular formula is C18H32N2O. The Morgan fingerprint density at radius 2 is 2.00 bits per heavy atom. The van der Waals surface area contributed by atoms with Crippen molar-refractivity contribution >= 4 is 5.91 Å². The van der Waals surface area contributed by atoms with Gasteiger partial charge in [0.15, 0.2) is 0 Å². The Balaban J connectivity index is 1.70. The predicted octanol–water partition coefficient (Wildman–Crippen LogP) is 3.25. The molecule has 6 unspecified atom stereocenters. The first kappa shape index (κ1) is 15.3. The lowest BCUT2D eigenvalue weighted by Crippen LogP contribution is -2.44. The number of carbonyl (C=O) groups is 1. The van der Waals surface area contributed by atoms with Crippen LogP contribution < -0.4 is 5.32 Å². The fraction of sp³-hybridized carbons (Fsp3) is 0.944. The molecule has 1 amide bonds. The summed E-state index contributed by atoms with van der Waals surface area (Å²) in [4.78, 5) is 15.1. The Hall–Kier alpha value is -0.570. The Morgan fingerprint density at radius 1 is 1.24 bits per heavy atom. The summed E-state index contributed by atoms with van der Waals surface area (Å²) in [5.41, 5.74) is 0. The van der Waals surface area contributed by atoms with Gasteiger partial charge in [-0.3, -0.25) is 10.1 Å². The lowest BCUT2D eigenvalue weighted by molar-refractivity contribution is -0.132. The van der Waals surface area contributed by atoms with Crippen LogP contribution in [0.4, 0.5) is 0 Å². The average molecular weight is 292 g/mol. The topological polar surface area (TPSA) is 32.3 Å². The second-order valence-electron chi connectivity index (χ2n) is 8.14. The third kappa shape index (κ3) is 2.74. The van der Waals surface area contributed by atoms with Gasteiger partial charge in [0.2, 0.25) is 5.91 Å². The monoisotopic (exact) mass is 292 g/mol. The minimum Gasteiger partial charge on any atom is -0.325 e. The highest BCUT2D eigenvalue weighted by atomic mass is 16.2. The first-order valence-electron chi connectivity index (χ1n) is 9.07. The van der Waals surface area contributed by atoms with E-state index in [0.29, 0.717) is 17.7 Å². The molecule has 3 fully saturated rings. The maximum absolute atomic E-state index is 12.9. The summed E-state index contributed by atoms with van der Waals surface area (Å²) < 4.78 is 0. The fourth-order valence-electron chi connectivity index (χ4n) is 4.91. The molecule has 6 atom stereocenters. The molecule has 2 bridgehead atoms. The highest BCUT2D eigenvalue weighted by Crippen LogP contribution is 2.48. The van der Waals surface area contributed by atoms with Crippen LogP contribution in [0.2, 0.25) is 0 Å². The molecule has 1 N–H and O–H groups in total. The summed E-state index contributed by atoms with van der Waals surface area (Å²) in [6.07, 6.45) is 6.96. The molecule has 3 rings (SSSR count). The molecule has 2 aliphatic carbocycles. The third-order valence-electron chi connectivity index (χ3n) is 6.40. The van der Waals surface area contributed by atoms with Crippen molar-refractivity contribution in [1.29, 1.82) is 0 Å². The highest BCUT2D eigenvalue weighted by Gasteiger charge is 2.46. The summed E-state index contributed by atoms with van der Waals surface area (Å²) in [5, 5.41) is 3.64. The van der Waals surface area contributed by atoms with Crippen molar-refractivity contribution in [2.75, 3.05) is 6.54 Å². The Bertz CT molecular complexity index is 395. The number of carbonyl (C=O) groups excluding carboxylic acids is 1. The lowest BCUT2D eigenvalue weighted by Gasteiger charge is -2.32. The zero-order chi connectivity index (χ0) is 15.1. The molecule has 0 spiro atoms. The minimum absolute atomic E-state index is 0.0426. The molecule has 3 aliphatic rings. The number of hydrogen-bond acceptors (Lipinski definition) is 2. The van der Waals surface area contributed by atoms with Crippen molar-refractivity contribution in [1.82, 2.24) is 10.2 Å². The molecule has 120 valence electrons. The Morgan fingerprint density at radius 3 is 2.52 bits per heavy atom. The molecule has 1 saturated heterocycles. The van der Waals surface area contributed by atoms with Crippen LogP contribution in [-0.2, 0) is 4.79 Å². The van der Waals surface area contributed by atoms with E-state index >= 15 is 0 Å². The number of fused-ring (bicyclic) bond motifs is 2. The van der Waals surface area contributed by atoms with Crippen LogP contribution in [0, 0.1) is 29.6 Å². The van der Waals surface area contributed by atoms with Crippen LogP contribution in [-0.4, -0.2) is 29.6 Å². The average Bonchev–Trinajstić information content (AvgIpc) is 3.14. The van der Waals surface area contributed by atoms with Gasteiger partial charge in [-0.15, -0.1) is 0 Å². The summed E-state index contributed by atoms with van der Waals surface area (Å²) in [5.74, 6) is 3.93. The van der Waals surface area contributed by atoms with E-state index in [1.54, 1.807) is 0 Å². The highest BCUT2D eigenvalue weighted by molar-refractivity contribution is 5.84. The van der Waals surface area contributed by atoms with E-state index in [0.717, 1.165) is 30.7 Å². The quantitative estimate of drug-likeness (QED) is 0.843. The molecule has 0 aromatic heterocycles.